The number of aliphatic hydroxyl groups is 1. The van der Waals surface area contributed by atoms with Gasteiger partial charge in [0, 0.05) is 31.5 Å². The predicted molar refractivity (Wildman–Crippen MR) is 70.5 cm³/mol. The Bertz CT molecular complexity index is 407. The van der Waals surface area contributed by atoms with Crippen molar-refractivity contribution in [1.82, 2.24) is 4.90 Å². The molecule has 0 aromatic heterocycles. The minimum Gasteiger partial charge on any atom is -0.398 e. The average Bonchev–Trinajstić information content (AvgIpc) is 2.37. The number of ether oxygens (including phenoxy) is 1. The van der Waals surface area contributed by atoms with Gasteiger partial charge in [-0.3, -0.25) is 4.79 Å². The molecule has 0 aliphatic carbocycles. The first kappa shape index (κ1) is 14.5. The first-order valence-corrected chi connectivity index (χ1v) is 5.86. The monoisotopic (exact) mass is 252 g/mol. The molecule has 0 heterocycles. The number of nitrogens with two attached hydrogens (primary N) is 1. The van der Waals surface area contributed by atoms with Crippen LogP contribution in [0.5, 0.6) is 0 Å². The number of hydrogen-bond acceptors (Lipinski definition) is 4. The van der Waals surface area contributed by atoms with E-state index in [1.807, 2.05) is 6.92 Å². The molecule has 1 amide bonds. The van der Waals surface area contributed by atoms with Gasteiger partial charge in [0.2, 0.25) is 0 Å². The largest absolute Gasteiger partial charge is 0.398 e. The van der Waals surface area contributed by atoms with Crippen LogP contribution in [-0.4, -0.2) is 49.3 Å². The molecule has 18 heavy (non-hydrogen) atoms. The number of aliphatic hydroxyl groups excluding tert-OH is 1. The minimum absolute atomic E-state index is 0.0726. The highest BCUT2D eigenvalue weighted by atomic mass is 16.5. The molecule has 0 saturated carbocycles. The number of nitrogen functional groups attached to an aromatic ring is 1. The van der Waals surface area contributed by atoms with Crippen LogP contribution in [0.4, 0.5) is 5.69 Å². The van der Waals surface area contributed by atoms with Crippen LogP contribution in [0, 0.1) is 6.92 Å². The van der Waals surface area contributed by atoms with Crippen LogP contribution in [0.15, 0.2) is 18.2 Å². The van der Waals surface area contributed by atoms with Crippen molar-refractivity contribution < 1.29 is 14.6 Å². The van der Waals surface area contributed by atoms with E-state index in [4.69, 9.17) is 15.6 Å². The first-order chi connectivity index (χ1) is 8.61. The highest BCUT2D eigenvalue weighted by Gasteiger charge is 2.17. The van der Waals surface area contributed by atoms with Gasteiger partial charge in [0.1, 0.15) is 0 Å². The summed E-state index contributed by atoms with van der Waals surface area (Å²) in [6.07, 6.45) is 0. The fourth-order valence-electron chi connectivity index (χ4n) is 1.69. The van der Waals surface area contributed by atoms with E-state index in [-0.39, 0.29) is 19.1 Å². The Balaban J connectivity index is 2.90. The normalized spacial score (nSPS) is 10.4. The van der Waals surface area contributed by atoms with Crippen LogP contribution < -0.4 is 5.73 Å². The van der Waals surface area contributed by atoms with Gasteiger partial charge in [-0.25, -0.2) is 0 Å². The van der Waals surface area contributed by atoms with E-state index in [2.05, 4.69) is 0 Å². The van der Waals surface area contributed by atoms with Gasteiger partial charge in [0.05, 0.1) is 13.2 Å². The zero-order chi connectivity index (χ0) is 13.5. The number of nitrogens with zero attached hydrogens (tertiary/aromatic N) is 1. The Hall–Kier alpha value is -1.59. The number of hydrogen-bond donors (Lipinski definition) is 2. The molecule has 0 unspecified atom stereocenters. The highest BCUT2D eigenvalue weighted by Crippen LogP contribution is 2.17. The molecule has 1 aromatic rings. The van der Waals surface area contributed by atoms with Gasteiger partial charge in [0.15, 0.2) is 0 Å². The van der Waals surface area contributed by atoms with Crippen LogP contribution in [-0.2, 0) is 4.74 Å². The van der Waals surface area contributed by atoms with Gasteiger partial charge in [0.25, 0.3) is 5.91 Å². The Morgan fingerprint density at radius 2 is 2.17 bits per heavy atom. The van der Waals surface area contributed by atoms with E-state index in [0.717, 1.165) is 5.56 Å². The minimum atomic E-state index is -0.133. The fraction of sp³-hybridized carbons (Fsp3) is 0.462. The van der Waals surface area contributed by atoms with Crippen molar-refractivity contribution >= 4 is 11.6 Å². The fourth-order valence-corrected chi connectivity index (χ4v) is 1.69. The molecule has 100 valence electrons. The van der Waals surface area contributed by atoms with Gasteiger partial charge in [-0.1, -0.05) is 6.07 Å². The van der Waals surface area contributed by atoms with E-state index < -0.39 is 0 Å². The molecule has 0 radical (unpaired) electrons. The summed E-state index contributed by atoms with van der Waals surface area (Å²) in [6.45, 7) is 2.92. The summed E-state index contributed by atoms with van der Waals surface area (Å²) in [6, 6.07) is 5.26. The zero-order valence-corrected chi connectivity index (χ0v) is 10.8. The summed E-state index contributed by atoms with van der Waals surface area (Å²) in [7, 11) is 1.58. The Morgan fingerprint density at radius 1 is 1.44 bits per heavy atom. The summed E-state index contributed by atoms with van der Waals surface area (Å²) in [4.78, 5) is 13.9. The molecular weight excluding hydrogens is 232 g/mol. The molecule has 0 bridgehead atoms. The number of methoxy groups -OCH3 is 1. The second-order valence-corrected chi connectivity index (χ2v) is 4.03. The predicted octanol–water partition coefficient (Wildman–Crippen LogP) is 0.658. The second-order valence-electron chi connectivity index (χ2n) is 4.03. The molecule has 0 saturated heterocycles. The van der Waals surface area contributed by atoms with Crippen molar-refractivity contribution in [2.24, 2.45) is 0 Å². The Kier molecular flexibility index (Phi) is 5.61. The van der Waals surface area contributed by atoms with E-state index >= 15 is 0 Å². The molecule has 0 atom stereocenters. The molecule has 0 aliphatic rings. The molecule has 0 aliphatic heterocycles. The van der Waals surface area contributed by atoms with Crippen molar-refractivity contribution in [3.8, 4) is 0 Å². The topological polar surface area (TPSA) is 75.8 Å². The summed E-state index contributed by atoms with van der Waals surface area (Å²) in [5.41, 5.74) is 7.72. The molecule has 3 N–H and O–H groups in total. The zero-order valence-electron chi connectivity index (χ0n) is 10.8. The van der Waals surface area contributed by atoms with Gasteiger partial charge >= 0.3 is 0 Å². The highest BCUT2D eigenvalue weighted by molar-refractivity contribution is 5.96. The molecule has 0 spiro atoms. The summed E-state index contributed by atoms with van der Waals surface area (Å²) in [5.74, 6) is -0.133. The summed E-state index contributed by atoms with van der Waals surface area (Å²) < 4.78 is 4.96. The van der Waals surface area contributed by atoms with Crippen LogP contribution in [0.1, 0.15) is 15.9 Å². The molecule has 1 rings (SSSR count). The van der Waals surface area contributed by atoms with Gasteiger partial charge in [-0.2, -0.15) is 0 Å². The number of carbonyl (C=O) groups excluding carboxylic acids is 1. The third kappa shape index (κ3) is 3.45. The number of benzene rings is 1. The molecule has 1 aromatic carbocycles. The maximum absolute atomic E-state index is 12.3. The quantitative estimate of drug-likeness (QED) is 0.729. The Morgan fingerprint density at radius 3 is 2.78 bits per heavy atom. The lowest BCUT2D eigenvalue weighted by atomic mass is 10.1. The van der Waals surface area contributed by atoms with Gasteiger partial charge in [-0.15, -0.1) is 0 Å². The number of anilines is 1. The van der Waals surface area contributed by atoms with E-state index in [9.17, 15) is 4.79 Å². The van der Waals surface area contributed by atoms with Crippen molar-refractivity contribution in [3.05, 3.63) is 29.3 Å². The van der Waals surface area contributed by atoms with Gasteiger partial charge in [-0.05, 0) is 24.6 Å². The van der Waals surface area contributed by atoms with Crippen molar-refractivity contribution in [3.63, 3.8) is 0 Å². The molecular formula is C13H20N2O3. The second kappa shape index (κ2) is 6.98. The Labute approximate surface area is 107 Å². The van der Waals surface area contributed by atoms with Crippen molar-refractivity contribution in [2.45, 2.75) is 6.92 Å². The number of carbonyl (C=O) groups is 1. The first-order valence-electron chi connectivity index (χ1n) is 5.86. The SMILES string of the molecule is COCCN(CCO)C(=O)c1cccc(N)c1C. The third-order valence-electron chi connectivity index (χ3n) is 2.83. The average molecular weight is 252 g/mol. The van der Waals surface area contributed by atoms with E-state index in [1.54, 1.807) is 30.2 Å². The van der Waals surface area contributed by atoms with E-state index in [1.165, 1.54) is 0 Å². The third-order valence-corrected chi connectivity index (χ3v) is 2.83. The van der Waals surface area contributed by atoms with Crippen LogP contribution in [0.25, 0.3) is 0 Å². The molecule has 5 heteroatoms. The number of rotatable bonds is 6. The van der Waals surface area contributed by atoms with Crippen molar-refractivity contribution in [1.29, 1.82) is 0 Å². The lowest BCUT2D eigenvalue weighted by Crippen LogP contribution is -2.36. The summed E-state index contributed by atoms with van der Waals surface area (Å²) >= 11 is 0. The van der Waals surface area contributed by atoms with Crippen LogP contribution >= 0.6 is 0 Å². The molecule has 5 nitrogen and oxygen atoms in total. The van der Waals surface area contributed by atoms with E-state index in [0.29, 0.717) is 24.4 Å². The van der Waals surface area contributed by atoms with Crippen molar-refractivity contribution in [2.75, 3.05) is 39.1 Å². The molecule has 0 fully saturated rings. The lowest BCUT2D eigenvalue weighted by molar-refractivity contribution is 0.0656. The lowest BCUT2D eigenvalue weighted by Gasteiger charge is -2.22. The van der Waals surface area contributed by atoms with Crippen LogP contribution in [0.2, 0.25) is 0 Å². The maximum atomic E-state index is 12.3. The number of amides is 1. The smallest absolute Gasteiger partial charge is 0.254 e. The maximum Gasteiger partial charge on any atom is 0.254 e. The summed E-state index contributed by atoms with van der Waals surface area (Å²) in [5, 5.41) is 9.00. The van der Waals surface area contributed by atoms with Gasteiger partial charge < -0.3 is 20.5 Å². The van der Waals surface area contributed by atoms with Crippen LogP contribution in [0.3, 0.4) is 0 Å². The standard InChI is InChI=1S/C13H20N2O3/c1-10-11(4-3-5-12(10)14)13(17)15(6-8-16)7-9-18-2/h3-5,16H,6-9,14H2,1-2H3.